The van der Waals surface area contributed by atoms with Gasteiger partial charge < -0.3 is 5.11 Å². The third-order valence-corrected chi connectivity index (χ3v) is 2.67. The molecule has 1 N–H and O–H groups in total. The first kappa shape index (κ1) is 13.9. The topological polar surface area (TPSA) is 23.5 Å². The first-order valence-electron chi connectivity index (χ1n) is 6.07. The summed E-state index contributed by atoms with van der Waals surface area (Å²) < 4.78 is 0. The van der Waals surface area contributed by atoms with Crippen molar-refractivity contribution in [2.24, 2.45) is 0 Å². The molecule has 0 aliphatic carbocycles. The van der Waals surface area contributed by atoms with E-state index in [0.717, 1.165) is 13.1 Å². The summed E-state index contributed by atoms with van der Waals surface area (Å²) in [7, 11) is 0. The third kappa shape index (κ3) is 7.34. The highest BCUT2D eigenvalue weighted by Crippen LogP contribution is 2.05. The average molecular weight is 201 g/mol. The Morgan fingerprint density at radius 2 is 1.64 bits per heavy atom. The zero-order valence-corrected chi connectivity index (χ0v) is 10.1. The van der Waals surface area contributed by atoms with Gasteiger partial charge in [0, 0.05) is 12.6 Å². The van der Waals surface area contributed by atoms with Crippen molar-refractivity contribution in [2.75, 3.05) is 19.7 Å². The molecule has 86 valence electrons. The quantitative estimate of drug-likeness (QED) is 0.580. The van der Waals surface area contributed by atoms with Gasteiger partial charge in [-0.15, -0.1) is 0 Å². The molecule has 0 fully saturated rings. The Balaban J connectivity index is 3.41. The lowest BCUT2D eigenvalue weighted by Crippen LogP contribution is -2.34. The normalized spacial score (nSPS) is 11.6. The SMILES string of the molecule is CCCCCCCN(CCO)C(C)C. The molecular formula is C12H27NO. The molecule has 14 heavy (non-hydrogen) atoms. The standard InChI is InChI=1S/C12H27NO/c1-4-5-6-7-8-9-13(10-11-14)12(2)3/h12,14H,4-11H2,1-3H3. The lowest BCUT2D eigenvalue weighted by atomic mass is 10.1. The van der Waals surface area contributed by atoms with Gasteiger partial charge in [0.05, 0.1) is 6.61 Å². The van der Waals surface area contributed by atoms with Gasteiger partial charge in [0.25, 0.3) is 0 Å². The van der Waals surface area contributed by atoms with Crippen LogP contribution in [0, 0.1) is 0 Å². The molecule has 0 aromatic carbocycles. The minimum absolute atomic E-state index is 0.285. The van der Waals surface area contributed by atoms with E-state index >= 15 is 0 Å². The van der Waals surface area contributed by atoms with Crippen LogP contribution in [0.5, 0.6) is 0 Å². The molecular weight excluding hydrogens is 174 g/mol. The smallest absolute Gasteiger partial charge is 0.0558 e. The molecule has 0 aromatic rings. The van der Waals surface area contributed by atoms with E-state index in [2.05, 4.69) is 25.7 Å². The Morgan fingerprint density at radius 1 is 1.00 bits per heavy atom. The van der Waals surface area contributed by atoms with Crippen molar-refractivity contribution in [1.82, 2.24) is 4.90 Å². The predicted molar refractivity (Wildman–Crippen MR) is 62.6 cm³/mol. The number of hydrogen-bond acceptors (Lipinski definition) is 2. The van der Waals surface area contributed by atoms with E-state index in [4.69, 9.17) is 5.11 Å². The van der Waals surface area contributed by atoms with Crippen LogP contribution in [0.4, 0.5) is 0 Å². The van der Waals surface area contributed by atoms with Gasteiger partial charge in [0.2, 0.25) is 0 Å². The third-order valence-electron chi connectivity index (χ3n) is 2.67. The number of aliphatic hydroxyl groups excluding tert-OH is 1. The van der Waals surface area contributed by atoms with Gasteiger partial charge in [0.1, 0.15) is 0 Å². The molecule has 2 nitrogen and oxygen atoms in total. The van der Waals surface area contributed by atoms with Crippen molar-refractivity contribution in [1.29, 1.82) is 0 Å². The summed E-state index contributed by atoms with van der Waals surface area (Å²) >= 11 is 0. The van der Waals surface area contributed by atoms with Crippen molar-refractivity contribution in [2.45, 2.75) is 58.9 Å². The van der Waals surface area contributed by atoms with Crippen molar-refractivity contribution in [3.8, 4) is 0 Å². The number of nitrogens with zero attached hydrogens (tertiary/aromatic N) is 1. The maximum Gasteiger partial charge on any atom is 0.0558 e. The summed E-state index contributed by atoms with van der Waals surface area (Å²) in [5.74, 6) is 0. The van der Waals surface area contributed by atoms with Crippen LogP contribution in [0.15, 0.2) is 0 Å². The minimum atomic E-state index is 0.285. The van der Waals surface area contributed by atoms with E-state index in [1.165, 1.54) is 32.1 Å². The molecule has 2 heteroatoms. The Kier molecular flexibility index (Phi) is 9.42. The van der Waals surface area contributed by atoms with Crippen LogP contribution in [0.2, 0.25) is 0 Å². The average Bonchev–Trinajstić information content (AvgIpc) is 2.15. The van der Waals surface area contributed by atoms with Crippen LogP contribution < -0.4 is 0 Å². The molecule has 0 amide bonds. The van der Waals surface area contributed by atoms with Crippen LogP contribution in [-0.4, -0.2) is 35.7 Å². The lowest BCUT2D eigenvalue weighted by Gasteiger charge is -2.25. The molecule has 0 atom stereocenters. The number of aliphatic hydroxyl groups is 1. The number of hydrogen-bond donors (Lipinski definition) is 1. The number of unbranched alkanes of at least 4 members (excludes halogenated alkanes) is 4. The van der Waals surface area contributed by atoms with Crippen LogP contribution in [0.25, 0.3) is 0 Å². The van der Waals surface area contributed by atoms with Gasteiger partial charge in [-0.05, 0) is 26.8 Å². The molecule has 0 bridgehead atoms. The summed E-state index contributed by atoms with van der Waals surface area (Å²) in [6.45, 7) is 8.89. The van der Waals surface area contributed by atoms with Crippen LogP contribution in [0.3, 0.4) is 0 Å². The molecule has 0 aliphatic rings. The Bertz CT molecular complexity index is 115. The molecule has 0 saturated carbocycles. The van der Waals surface area contributed by atoms with Gasteiger partial charge in [0.15, 0.2) is 0 Å². The van der Waals surface area contributed by atoms with E-state index in [-0.39, 0.29) is 6.61 Å². The summed E-state index contributed by atoms with van der Waals surface area (Å²) in [6.07, 6.45) is 6.65. The zero-order chi connectivity index (χ0) is 10.8. The highest BCUT2D eigenvalue weighted by molar-refractivity contribution is 4.62. The fourth-order valence-electron chi connectivity index (χ4n) is 1.68. The van der Waals surface area contributed by atoms with E-state index in [1.54, 1.807) is 0 Å². The van der Waals surface area contributed by atoms with E-state index in [9.17, 15) is 0 Å². The largest absolute Gasteiger partial charge is 0.395 e. The Morgan fingerprint density at radius 3 is 2.14 bits per heavy atom. The molecule has 0 aromatic heterocycles. The van der Waals surface area contributed by atoms with E-state index in [1.807, 2.05) is 0 Å². The van der Waals surface area contributed by atoms with Gasteiger partial charge >= 0.3 is 0 Å². The molecule has 0 saturated heterocycles. The first-order chi connectivity index (χ1) is 6.72. The minimum Gasteiger partial charge on any atom is -0.395 e. The lowest BCUT2D eigenvalue weighted by molar-refractivity contribution is 0.163. The fraction of sp³-hybridized carbons (Fsp3) is 1.00. The Hall–Kier alpha value is -0.0800. The summed E-state index contributed by atoms with van der Waals surface area (Å²) in [5, 5.41) is 8.88. The maximum atomic E-state index is 8.88. The maximum absolute atomic E-state index is 8.88. The predicted octanol–water partition coefficient (Wildman–Crippen LogP) is 2.66. The highest BCUT2D eigenvalue weighted by Gasteiger charge is 2.07. The molecule has 0 unspecified atom stereocenters. The van der Waals surface area contributed by atoms with Crippen LogP contribution in [-0.2, 0) is 0 Å². The molecule has 0 radical (unpaired) electrons. The van der Waals surface area contributed by atoms with Gasteiger partial charge in [-0.25, -0.2) is 0 Å². The zero-order valence-electron chi connectivity index (χ0n) is 10.1. The monoisotopic (exact) mass is 201 g/mol. The van der Waals surface area contributed by atoms with Crippen LogP contribution >= 0.6 is 0 Å². The van der Waals surface area contributed by atoms with Gasteiger partial charge in [-0.1, -0.05) is 32.6 Å². The van der Waals surface area contributed by atoms with Gasteiger partial charge in [-0.3, -0.25) is 4.90 Å². The molecule has 0 rings (SSSR count). The summed E-state index contributed by atoms with van der Waals surface area (Å²) in [4.78, 5) is 2.35. The second-order valence-electron chi connectivity index (χ2n) is 4.27. The first-order valence-corrected chi connectivity index (χ1v) is 6.07. The number of rotatable bonds is 9. The molecule has 0 spiro atoms. The molecule has 0 heterocycles. The van der Waals surface area contributed by atoms with Crippen molar-refractivity contribution >= 4 is 0 Å². The summed E-state index contributed by atoms with van der Waals surface area (Å²) in [6, 6.07) is 0.563. The van der Waals surface area contributed by atoms with Crippen LogP contribution in [0.1, 0.15) is 52.9 Å². The second-order valence-corrected chi connectivity index (χ2v) is 4.27. The van der Waals surface area contributed by atoms with Crippen molar-refractivity contribution in [3.63, 3.8) is 0 Å². The van der Waals surface area contributed by atoms with Crippen molar-refractivity contribution in [3.05, 3.63) is 0 Å². The summed E-state index contributed by atoms with van der Waals surface area (Å²) in [5.41, 5.74) is 0. The van der Waals surface area contributed by atoms with Crippen molar-refractivity contribution < 1.29 is 5.11 Å². The molecule has 0 aliphatic heterocycles. The van der Waals surface area contributed by atoms with E-state index in [0.29, 0.717) is 6.04 Å². The fourth-order valence-corrected chi connectivity index (χ4v) is 1.68. The second kappa shape index (κ2) is 9.47. The van der Waals surface area contributed by atoms with E-state index < -0.39 is 0 Å². The highest BCUT2D eigenvalue weighted by atomic mass is 16.3. The Labute approximate surface area is 89.3 Å². The van der Waals surface area contributed by atoms with Gasteiger partial charge in [-0.2, -0.15) is 0 Å².